The van der Waals surface area contributed by atoms with Gasteiger partial charge in [0.2, 0.25) is 10.0 Å². The van der Waals surface area contributed by atoms with E-state index in [9.17, 15) is 8.42 Å². The van der Waals surface area contributed by atoms with E-state index in [-0.39, 0.29) is 4.90 Å². The molecule has 3 rings (SSSR count). The van der Waals surface area contributed by atoms with Gasteiger partial charge in [-0.05, 0) is 30.5 Å². The standard InChI is InChI=1S/C18H28N4O2S2/c1-20-17(21-13-15-6-5-7-16(12-15)26(19,23)24)22-10-11-25-18(14-22)8-3-2-4-9-18/h5-7,12H,2-4,8-11,13-14H2,1H3,(H,20,21)(H2,19,23,24). The molecule has 1 heterocycles. The number of nitrogens with zero attached hydrogens (tertiary/aromatic N) is 2. The van der Waals surface area contributed by atoms with E-state index in [1.54, 1.807) is 19.2 Å². The van der Waals surface area contributed by atoms with Crippen molar-refractivity contribution in [3.8, 4) is 0 Å². The first-order valence-corrected chi connectivity index (χ1v) is 11.7. The zero-order valence-electron chi connectivity index (χ0n) is 15.3. The van der Waals surface area contributed by atoms with Gasteiger partial charge in [-0.3, -0.25) is 4.99 Å². The molecule has 1 saturated carbocycles. The molecule has 1 spiro atoms. The van der Waals surface area contributed by atoms with Gasteiger partial charge >= 0.3 is 0 Å². The number of hydrogen-bond acceptors (Lipinski definition) is 4. The van der Waals surface area contributed by atoms with Crippen LogP contribution >= 0.6 is 11.8 Å². The third-order valence-electron chi connectivity index (χ3n) is 5.20. The highest BCUT2D eigenvalue weighted by Gasteiger charge is 2.38. The number of rotatable bonds is 3. The lowest BCUT2D eigenvalue weighted by Gasteiger charge is -2.45. The number of nitrogens with two attached hydrogens (primary N) is 1. The number of guanidine groups is 1. The van der Waals surface area contributed by atoms with Crippen LogP contribution in [0.15, 0.2) is 34.2 Å². The van der Waals surface area contributed by atoms with E-state index in [1.165, 1.54) is 38.2 Å². The topological polar surface area (TPSA) is 87.8 Å². The van der Waals surface area contributed by atoms with E-state index >= 15 is 0 Å². The second-order valence-electron chi connectivity index (χ2n) is 7.11. The molecule has 1 saturated heterocycles. The molecule has 26 heavy (non-hydrogen) atoms. The van der Waals surface area contributed by atoms with Crippen LogP contribution in [0.2, 0.25) is 0 Å². The van der Waals surface area contributed by atoms with Crippen molar-refractivity contribution in [1.82, 2.24) is 10.2 Å². The lowest BCUT2D eigenvalue weighted by atomic mass is 9.87. The predicted molar refractivity (Wildman–Crippen MR) is 108 cm³/mol. The molecule has 0 aromatic heterocycles. The third-order valence-corrected chi connectivity index (χ3v) is 7.65. The number of sulfonamides is 1. The second kappa shape index (κ2) is 8.19. The molecule has 6 nitrogen and oxygen atoms in total. The number of aliphatic imine (C=N–C) groups is 1. The molecule has 0 unspecified atom stereocenters. The van der Waals surface area contributed by atoms with E-state index in [1.807, 2.05) is 6.07 Å². The van der Waals surface area contributed by atoms with Crippen molar-refractivity contribution in [2.45, 2.75) is 48.3 Å². The summed E-state index contributed by atoms with van der Waals surface area (Å²) in [6.07, 6.45) is 6.60. The summed E-state index contributed by atoms with van der Waals surface area (Å²) < 4.78 is 23.4. The van der Waals surface area contributed by atoms with Crippen LogP contribution < -0.4 is 10.5 Å². The Labute approximate surface area is 160 Å². The molecule has 0 atom stereocenters. The van der Waals surface area contributed by atoms with Crippen LogP contribution in [0, 0.1) is 0 Å². The lowest BCUT2D eigenvalue weighted by molar-refractivity contribution is 0.293. The van der Waals surface area contributed by atoms with Crippen molar-refractivity contribution in [2.24, 2.45) is 10.1 Å². The van der Waals surface area contributed by atoms with Crippen molar-refractivity contribution in [3.05, 3.63) is 29.8 Å². The van der Waals surface area contributed by atoms with Gasteiger partial charge in [0.1, 0.15) is 0 Å². The number of benzene rings is 1. The summed E-state index contributed by atoms with van der Waals surface area (Å²) in [4.78, 5) is 6.95. The van der Waals surface area contributed by atoms with Gasteiger partial charge in [-0.2, -0.15) is 11.8 Å². The molecule has 0 bridgehead atoms. The first-order valence-electron chi connectivity index (χ1n) is 9.13. The summed E-state index contributed by atoms with van der Waals surface area (Å²) in [5.41, 5.74) is 0.872. The second-order valence-corrected chi connectivity index (χ2v) is 10.2. The smallest absolute Gasteiger partial charge is 0.238 e. The van der Waals surface area contributed by atoms with E-state index in [4.69, 9.17) is 5.14 Å². The van der Waals surface area contributed by atoms with Gasteiger partial charge in [-0.1, -0.05) is 31.4 Å². The maximum absolute atomic E-state index is 11.5. The Morgan fingerprint density at radius 3 is 2.81 bits per heavy atom. The normalized spacial score (nSPS) is 21.0. The molecule has 144 valence electrons. The highest BCUT2D eigenvalue weighted by atomic mass is 32.2. The fourth-order valence-corrected chi connectivity index (χ4v) is 6.02. The summed E-state index contributed by atoms with van der Waals surface area (Å²) >= 11 is 2.13. The monoisotopic (exact) mass is 396 g/mol. The highest BCUT2D eigenvalue weighted by Crippen LogP contribution is 2.42. The van der Waals surface area contributed by atoms with Gasteiger partial charge in [0.15, 0.2) is 5.96 Å². The van der Waals surface area contributed by atoms with E-state index in [0.29, 0.717) is 11.3 Å². The van der Waals surface area contributed by atoms with Crippen LogP contribution in [0.3, 0.4) is 0 Å². The Kier molecular flexibility index (Phi) is 6.14. The zero-order chi connectivity index (χ0) is 18.6. The molecule has 2 fully saturated rings. The fourth-order valence-electron chi connectivity index (χ4n) is 3.87. The zero-order valence-corrected chi connectivity index (χ0v) is 16.9. The van der Waals surface area contributed by atoms with E-state index < -0.39 is 10.0 Å². The van der Waals surface area contributed by atoms with Crippen LogP contribution in [0.25, 0.3) is 0 Å². The fraction of sp³-hybridized carbons (Fsp3) is 0.611. The molecule has 1 aromatic rings. The summed E-state index contributed by atoms with van der Waals surface area (Å²) in [6, 6.07) is 6.74. The minimum Gasteiger partial charge on any atom is -0.352 e. The van der Waals surface area contributed by atoms with Gasteiger partial charge in [0.25, 0.3) is 0 Å². The number of nitrogens with one attached hydrogen (secondary N) is 1. The van der Waals surface area contributed by atoms with Crippen LogP contribution in [-0.2, 0) is 16.6 Å². The predicted octanol–water partition coefficient (Wildman–Crippen LogP) is 2.16. The van der Waals surface area contributed by atoms with Gasteiger partial charge in [-0.15, -0.1) is 0 Å². The van der Waals surface area contributed by atoms with E-state index in [2.05, 4.69) is 27.0 Å². The van der Waals surface area contributed by atoms with Crippen molar-refractivity contribution in [3.63, 3.8) is 0 Å². The molecule has 2 aliphatic rings. The first kappa shape index (κ1) is 19.5. The SMILES string of the molecule is CN=C(NCc1cccc(S(N)(=O)=O)c1)N1CCSC2(CCCCC2)C1. The van der Waals surface area contributed by atoms with Crippen molar-refractivity contribution >= 4 is 27.7 Å². The molecule has 1 aliphatic carbocycles. The van der Waals surface area contributed by atoms with Crippen molar-refractivity contribution in [1.29, 1.82) is 0 Å². The Balaban J connectivity index is 1.65. The maximum atomic E-state index is 11.5. The van der Waals surface area contributed by atoms with Crippen LogP contribution in [-0.4, -0.2) is 49.9 Å². The molecule has 1 aliphatic heterocycles. The number of hydrogen-bond donors (Lipinski definition) is 2. The maximum Gasteiger partial charge on any atom is 0.238 e. The molecule has 8 heteroatoms. The van der Waals surface area contributed by atoms with Gasteiger partial charge in [-0.25, -0.2) is 13.6 Å². The number of primary sulfonamides is 1. The molecule has 0 amide bonds. The minimum atomic E-state index is -3.68. The van der Waals surface area contributed by atoms with Crippen LogP contribution in [0.4, 0.5) is 0 Å². The quantitative estimate of drug-likeness (QED) is 0.604. The van der Waals surface area contributed by atoms with E-state index in [0.717, 1.165) is 30.4 Å². The molecule has 1 aromatic carbocycles. The summed E-state index contributed by atoms with van der Waals surface area (Å²) in [5, 5.41) is 8.61. The first-order chi connectivity index (χ1) is 12.4. The molecular formula is C18H28N4O2S2. The Hall–Kier alpha value is -1.25. The molecule has 3 N–H and O–H groups in total. The Bertz CT molecular complexity index is 753. The Morgan fingerprint density at radius 2 is 2.12 bits per heavy atom. The summed E-state index contributed by atoms with van der Waals surface area (Å²) in [5.74, 6) is 2.01. The Morgan fingerprint density at radius 1 is 1.35 bits per heavy atom. The van der Waals surface area contributed by atoms with Crippen LogP contribution in [0.1, 0.15) is 37.7 Å². The average Bonchev–Trinajstić information content (AvgIpc) is 2.63. The average molecular weight is 397 g/mol. The van der Waals surface area contributed by atoms with Crippen molar-refractivity contribution in [2.75, 3.05) is 25.9 Å². The lowest BCUT2D eigenvalue weighted by Crippen LogP contribution is -2.53. The summed E-state index contributed by atoms with van der Waals surface area (Å²) in [6.45, 7) is 2.55. The summed E-state index contributed by atoms with van der Waals surface area (Å²) in [7, 11) is -1.88. The largest absolute Gasteiger partial charge is 0.352 e. The highest BCUT2D eigenvalue weighted by molar-refractivity contribution is 8.00. The van der Waals surface area contributed by atoms with Gasteiger partial charge in [0, 0.05) is 37.2 Å². The molecular weight excluding hydrogens is 368 g/mol. The minimum absolute atomic E-state index is 0.141. The van der Waals surface area contributed by atoms with Gasteiger partial charge in [0.05, 0.1) is 4.90 Å². The van der Waals surface area contributed by atoms with Crippen molar-refractivity contribution < 1.29 is 8.42 Å². The molecule has 0 radical (unpaired) electrons. The van der Waals surface area contributed by atoms with Crippen LogP contribution in [0.5, 0.6) is 0 Å². The third kappa shape index (κ3) is 4.72. The van der Waals surface area contributed by atoms with Gasteiger partial charge < -0.3 is 10.2 Å². The number of thioether (sulfide) groups is 1.